The van der Waals surface area contributed by atoms with Gasteiger partial charge in [0, 0.05) is 45.3 Å². The minimum Gasteiger partial charge on any atom is -0.483 e. The highest BCUT2D eigenvalue weighted by molar-refractivity contribution is 5.63. The first-order valence-corrected chi connectivity index (χ1v) is 11.7. The summed E-state index contributed by atoms with van der Waals surface area (Å²) in [7, 11) is 0. The second-order valence-electron chi connectivity index (χ2n) is 8.39. The molecule has 0 atom stereocenters. The lowest BCUT2D eigenvalue weighted by Gasteiger charge is -2.42. The quantitative estimate of drug-likeness (QED) is 0.552. The average molecular weight is 472 g/mol. The van der Waals surface area contributed by atoms with Crippen molar-refractivity contribution in [2.75, 3.05) is 52.4 Å². The molecule has 8 nitrogen and oxygen atoms in total. The molecule has 8 heteroatoms. The van der Waals surface area contributed by atoms with Crippen molar-refractivity contribution in [3.8, 4) is 11.1 Å². The predicted molar refractivity (Wildman–Crippen MR) is 133 cm³/mol. The van der Waals surface area contributed by atoms with Gasteiger partial charge >= 0.3 is 0 Å². The van der Waals surface area contributed by atoms with Gasteiger partial charge in [0.25, 0.3) is 12.9 Å². The average Bonchev–Trinajstić information content (AvgIpc) is 2.87. The topological polar surface area (TPSA) is 105 Å². The highest BCUT2D eigenvalue weighted by atomic mass is 16.3. The molecule has 2 heterocycles. The third-order valence-electron chi connectivity index (χ3n) is 6.34. The number of nitrogens with zero attached hydrogens (tertiary/aromatic N) is 3. The summed E-state index contributed by atoms with van der Waals surface area (Å²) < 4.78 is 0. The van der Waals surface area contributed by atoms with E-state index in [1.807, 2.05) is 0 Å². The van der Waals surface area contributed by atoms with Gasteiger partial charge in [-0.1, -0.05) is 48.5 Å². The summed E-state index contributed by atoms with van der Waals surface area (Å²) in [5, 5.41) is 22.9. The van der Waals surface area contributed by atoms with Crippen molar-refractivity contribution in [3.05, 3.63) is 60.2 Å². The van der Waals surface area contributed by atoms with Crippen molar-refractivity contribution in [2.24, 2.45) is 0 Å². The maximum atomic E-state index is 9.10. The number of piperidine rings is 1. The lowest BCUT2D eigenvalue weighted by Crippen LogP contribution is -2.53. The number of likely N-dealkylation sites (tertiary alicyclic amines) is 1. The van der Waals surface area contributed by atoms with Crippen LogP contribution in [0, 0.1) is 0 Å². The first-order valence-electron chi connectivity index (χ1n) is 11.7. The van der Waals surface area contributed by atoms with E-state index in [4.69, 9.17) is 24.9 Å². The van der Waals surface area contributed by atoms with Crippen molar-refractivity contribution in [3.63, 3.8) is 0 Å². The molecule has 186 valence electrons. The van der Waals surface area contributed by atoms with Crippen LogP contribution in [0.2, 0.25) is 0 Å². The predicted octanol–water partition coefficient (Wildman–Crippen LogP) is 2.33. The molecule has 0 aromatic heterocycles. The largest absolute Gasteiger partial charge is 0.483 e. The number of benzene rings is 2. The molecule has 0 spiro atoms. The summed E-state index contributed by atoms with van der Waals surface area (Å²) in [5.74, 6) is 0. The number of hydrogen-bond donors (Lipinski definition) is 3. The molecular formula is C26H37N3O5. The van der Waals surface area contributed by atoms with Crippen LogP contribution in [-0.4, -0.2) is 101 Å². The van der Waals surface area contributed by atoms with Gasteiger partial charge in [-0.2, -0.15) is 0 Å². The number of carboxylic acid groups (broad SMARTS) is 2. The molecule has 2 aromatic carbocycles. The number of hydrogen-bond acceptors (Lipinski definition) is 6. The fourth-order valence-electron chi connectivity index (χ4n) is 4.67. The highest BCUT2D eigenvalue weighted by Gasteiger charge is 2.27. The zero-order valence-corrected chi connectivity index (χ0v) is 19.7. The van der Waals surface area contributed by atoms with Gasteiger partial charge in [0.15, 0.2) is 0 Å². The highest BCUT2D eigenvalue weighted by Crippen LogP contribution is 2.23. The summed E-state index contributed by atoms with van der Waals surface area (Å²) >= 11 is 0. The van der Waals surface area contributed by atoms with E-state index in [0.29, 0.717) is 0 Å². The zero-order chi connectivity index (χ0) is 24.6. The monoisotopic (exact) mass is 471 g/mol. The molecular weight excluding hydrogens is 434 g/mol. The Morgan fingerprint density at radius 2 is 1.35 bits per heavy atom. The van der Waals surface area contributed by atoms with Crippen LogP contribution in [0.5, 0.6) is 0 Å². The Kier molecular flexibility index (Phi) is 12.9. The van der Waals surface area contributed by atoms with Crippen LogP contribution >= 0.6 is 0 Å². The fraction of sp³-hybridized carbons (Fsp3) is 0.462. The van der Waals surface area contributed by atoms with Crippen molar-refractivity contribution >= 4 is 12.9 Å². The molecule has 2 aliphatic rings. The van der Waals surface area contributed by atoms with Crippen LogP contribution < -0.4 is 0 Å². The van der Waals surface area contributed by atoms with Crippen LogP contribution in [0.4, 0.5) is 0 Å². The van der Waals surface area contributed by atoms with Crippen LogP contribution in [0.1, 0.15) is 18.4 Å². The summed E-state index contributed by atoms with van der Waals surface area (Å²) in [6.45, 7) is 8.57. The molecule has 0 aliphatic carbocycles. The Balaban J connectivity index is 0.000000618. The van der Waals surface area contributed by atoms with Gasteiger partial charge in [0.2, 0.25) is 0 Å². The first kappa shape index (κ1) is 27.5. The van der Waals surface area contributed by atoms with E-state index in [1.165, 1.54) is 42.6 Å². The number of aliphatic hydroxyl groups is 1. The van der Waals surface area contributed by atoms with E-state index >= 15 is 0 Å². The summed E-state index contributed by atoms with van der Waals surface area (Å²) in [4.78, 5) is 24.4. The molecule has 2 aliphatic heterocycles. The Hall–Kier alpha value is -2.78. The molecule has 0 unspecified atom stereocenters. The number of carbonyl (C=O) groups is 2. The van der Waals surface area contributed by atoms with Crippen molar-refractivity contribution in [2.45, 2.75) is 25.4 Å². The molecule has 3 N–H and O–H groups in total. The number of piperazine rings is 1. The minimum atomic E-state index is -0.250. The van der Waals surface area contributed by atoms with Crippen molar-refractivity contribution < 1.29 is 24.9 Å². The van der Waals surface area contributed by atoms with Gasteiger partial charge in [-0.15, -0.1) is 0 Å². The third-order valence-corrected chi connectivity index (χ3v) is 6.34. The maximum Gasteiger partial charge on any atom is 0.290 e. The zero-order valence-electron chi connectivity index (χ0n) is 19.7. The van der Waals surface area contributed by atoms with Gasteiger partial charge in [-0.3, -0.25) is 24.3 Å². The lowest BCUT2D eigenvalue weighted by atomic mass is 10.00. The number of aliphatic hydroxyl groups excluding tert-OH is 1. The van der Waals surface area contributed by atoms with Crippen LogP contribution in [0.3, 0.4) is 0 Å². The molecule has 0 bridgehead atoms. The van der Waals surface area contributed by atoms with E-state index in [1.54, 1.807) is 0 Å². The molecule has 2 aromatic rings. The van der Waals surface area contributed by atoms with Gasteiger partial charge in [0.1, 0.15) is 0 Å². The maximum absolute atomic E-state index is 9.10. The Morgan fingerprint density at radius 1 is 0.765 bits per heavy atom. The van der Waals surface area contributed by atoms with Gasteiger partial charge in [-0.05, 0) is 48.7 Å². The van der Waals surface area contributed by atoms with Crippen molar-refractivity contribution in [1.82, 2.24) is 14.7 Å². The Morgan fingerprint density at radius 3 is 1.94 bits per heavy atom. The Bertz CT molecular complexity index is 814. The van der Waals surface area contributed by atoms with E-state index < -0.39 is 0 Å². The summed E-state index contributed by atoms with van der Waals surface area (Å²) in [6, 6.07) is 20.4. The third kappa shape index (κ3) is 9.23. The van der Waals surface area contributed by atoms with E-state index in [9.17, 15) is 0 Å². The molecule has 0 saturated carbocycles. The summed E-state index contributed by atoms with van der Waals surface area (Å²) in [5.41, 5.74) is 4.02. The first-order chi connectivity index (χ1) is 16.6. The van der Waals surface area contributed by atoms with E-state index in [0.717, 1.165) is 45.3 Å². The molecule has 0 amide bonds. The van der Waals surface area contributed by atoms with Gasteiger partial charge in [-0.25, -0.2) is 0 Å². The van der Waals surface area contributed by atoms with E-state index in [2.05, 4.69) is 69.3 Å². The minimum absolute atomic E-state index is 0.250. The van der Waals surface area contributed by atoms with Gasteiger partial charge < -0.3 is 15.3 Å². The van der Waals surface area contributed by atoms with Crippen LogP contribution in [-0.2, 0) is 16.1 Å². The SMILES string of the molecule is O=CO.O=CO.OCCN1CCN(C2CCN(Cc3cccc(-c4ccccc4)c3)CC2)CC1. The normalized spacial score (nSPS) is 17.6. The standard InChI is InChI=1S/C24H33N3O.2CH2O2/c28-18-17-25-13-15-27(16-14-25)24-9-11-26(12-10-24)20-21-5-4-8-23(19-21)22-6-2-1-3-7-22;2*2-1-3/h1-8,19,24,28H,9-18,20H2;2*1H,(H,2,3). The number of rotatable bonds is 6. The molecule has 4 rings (SSSR count). The molecule has 2 fully saturated rings. The van der Waals surface area contributed by atoms with Crippen molar-refractivity contribution in [1.29, 1.82) is 0 Å². The molecule has 34 heavy (non-hydrogen) atoms. The molecule has 0 radical (unpaired) electrons. The van der Waals surface area contributed by atoms with Crippen LogP contribution in [0.25, 0.3) is 11.1 Å². The summed E-state index contributed by atoms with van der Waals surface area (Å²) in [6.07, 6.45) is 2.55. The smallest absolute Gasteiger partial charge is 0.290 e. The fourth-order valence-corrected chi connectivity index (χ4v) is 4.67. The van der Waals surface area contributed by atoms with E-state index in [-0.39, 0.29) is 19.6 Å². The molecule has 2 saturated heterocycles. The van der Waals surface area contributed by atoms with Crippen LogP contribution in [0.15, 0.2) is 54.6 Å². The van der Waals surface area contributed by atoms with Gasteiger partial charge in [0.05, 0.1) is 6.61 Å². The second kappa shape index (κ2) is 16.0. The Labute approximate surface area is 202 Å². The second-order valence-corrected chi connectivity index (χ2v) is 8.39. The lowest BCUT2D eigenvalue weighted by molar-refractivity contribution is -0.123. The number of β-amino-alcohol motifs (C(OH)–C–C–N with tert-alkyl or cyclic N) is 1.